The maximum atomic E-state index is 7.85. The van der Waals surface area contributed by atoms with Gasteiger partial charge in [-0.2, -0.15) is 0 Å². The quantitative estimate of drug-likeness (QED) is 0.403. The number of nitrogens with zero attached hydrogens (tertiary/aromatic N) is 4. The van der Waals surface area contributed by atoms with E-state index < -0.39 is 6.98 Å². The molecule has 0 unspecified atom stereocenters. The van der Waals surface area contributed by atoms with E-state index in [1.54, 1.807) is 30.9 Å². The molecule has 4 aromatic rings. The Morgan fingerprint density at radius 2 is 2.20 bits per heavy atom. The first-order valence-corrected chi connectivity index (χ1v) is 6.30. The molecule has 96 valence electrons. The minimum atomic E-state index is -2.33. The van der Waals surface area contributed by atoms with Crippen LogP contribution in [0.1, 0.15) is 9.68 Å². The molecule has 0 amide bonds. The minimum absolute atomic E-state index is 0.345. The fourth-order valence-corrected chi connectivity index (χ4v) is 2.97. The predicted molar refractivity (Wildman–Crippen MR) is 73.0 cm³/mol. The van der Waals surface area contributed by atoms with Crippen LogP contribution in [0.4, 0.5) is 0 Å². The lowest BCUT2D eigenvalue weighted by Crippen LogP contribution is -2.30. The van der Waals surface area contributed by atoms with Gasteiger partial charge in [-0.3, -0.25) is 9.97 Å². The first-order chi connectivity index (χ1) is 11.1. The summed E-state index contributed by atoms with van der Waals surface area (Å²) in [6, 6.07) is 3.65. The summed E-state index contributed by atoms with van der Waals surface area (Å²) in [5.74, 6) is 0.641. The van der Waals surface area contributed by atoms with Crippen molar-refractivity contribution >= 4 is 22.1 Å². The molecule has 5 rings (SSSR count). The molecular formula is C15H11N4O+. The smallest absolute Gasteiger partial charge is 0.380 e. The molecule has 4 aromatic heterocycles. The van der Waals surface area contributed by atoms with Crippen molar-refractivity contribution in [2.75, 3.05) is 0 Å². The van der Waals surface area contributed by atoms with E-state index in [-0.39, 0.29) is 0 Å². The Labute approximate surface area is 118 Å². The second-order valence-electron chi connectivity index (χ2n) is 4.91. The zero-order valence-corrected chi connectivity index (χ0v) is 10.4. The van der Waals surface area contributed by atoms with Gasteiger partial charge in [0.25, 0.3) is 11.2 Å². The topological polar surface area (TPSA) is 47.7 Å². The highest BCUT2D eigenvalue weighted by molar-refractivity contribution is 6.01. The van der Waals surface area contributed by atoms with Gasteiger partial charge in [0.1, 0.15) is 5.56 Å². The highest BCUT2D eigenvalue weighted by Crippen LogP contribution is 2.34. The lowest BCUT2D eigenvalue weighted by atomic mass is 10.2. The Hall–Kier alpha value is -2.69. The molecule has 0 spiro atoms. The van der Waals surface area contributed by atoms with Crippen LogP contribution in [0.2, 0.25) is 0 Å². The minimum Gasteiger partial charge on any atom is -0.380 e. The summed E-state index contributed by atoms with van der Waals surface area (Å²) in [5, 5.41) is 0.773. The molecule has 0 atom stereocenters. The molecule has 0 N–H and O–H groups in total. The van der Waals surface area contributed by atoms with Crippen LogP contribution in [0, 0.1) is 0 Å². The number of fused-ring (bicyclic) bond motifs is 7. The third-order valence-electron chi connectivity index (χ3n) is 3.88. The maximum absolute atomic E-state index is 7.85. The van der Waals surface area contributed by atoms with Gasteiger partial charge in [0.15, 0.2) is 6.54 Å². The van der Waals surface area contributed by atoms with Gasteiger partial charge in [0.05, 0.1) is 10.9 Å². The van der Waals surface area contributed by atoms with Crippen LogP contribution < -0.4 is 4.57 Å². The maximum Gasteiger partial charge on any atom is 0.385 e. The van der Waals surface area contributed by atoms with Crippen molar-refractivity contribution in [1.29, 1.82) is 0 Å². The van der Waals surface area contributed by atoms with Crippen LogP contribution in [0.3, 0.4) is 0 Å². The summed E-state index contributed by atoms with van der Waals surface area (Å²) in [7, 11) is 0. The normalized spacial score (nSPS) is 15.9. The Morgan fingerprint density at radius 1 is 1.30 bits per heavy atom. The number of aryl methyl sites for hydroxylation is 1. The second kappa shape index (κ2) is 3.25. The number of hydrogen-bond donors (Lipinski definition) is 0. The molecule has 0 radical (unpaired) electrons. The van der Waals surface area contributed by atoms with Gasteiger partial charge in [-0.15, -0.1) is 4.57 Å². The van der Waals surface area contributed by atoms with E-state index in [9.17, 15) is 0 Å². The molecule has 5 heterocycles. The fourth-order valence-electron chi connectivity index (χ4n) is 2.97. The summed E-state index contributed by atoms with van der Waals surface area (Å²) >= 11 is 0. The monoisotopic (exact) mass is 266 g/mol. The van der Waals surface area contributed by atoms with Crippen molar-refractivity contribution in [3.8, 4) is 11.5 Å². The van der Waals surface area contributed by atoms with E-state index in [4.69, 9.17) is 8.53 Å². The SMILES string of the molecule is [2H]C([2H])([2H])n1c2ccncc2c2c1oc1[n+]2Cc2ccncc2-1. The van der Waals surface area contributed by atoms with E-state index in [0.29, 0.717) is 23.7 Å². The van der Waals surface area contributed by atoms with Gasteiger partial charge in [0, 0.05) is 41.4 Å². The van der Waals surface area contributed by atoms with E-state index in [0.717, 1.165) is 22.0 Å². The summed E-state index contributed by atoms with van der Waals surface area (Å²) in [6.07, 6.45) is 6.77. The van der Waals surface area contributed by atoms with Crippen LogP contribution in [-0.4, -0.2) is 14.5 Å². The van der Waals surface area contributed by atoms with Gasteiger partial charge >= 0.3 is 5.89 Å². The molecule has 0 aromatic carbocycles. The van der Waals surface area contributed by atoms with E-state index in [1.807, 2.05) is 10.6 Å². The van der Waals surface area contributed by atoms with Crippen LogP contribution in [0.25, 0.3) is 33.6 Å². The number of hydrogen-bond acceptors (Lipinski definition) is 3. The molecule has 5 nitrogen and oxygen atoms in total. The van der Waals surface area contributed by atoms with Crippen LogP contribution >= 0.6 is 0 Å². The Bertz CT molecular complexity index is 1090. The van der Waals surface area contributed by atoms with Crippen LogP contribution in [0.15, 0.2) is 41.3 Å². The van der Waals surface area contributed by atoms with Crippen molar-refractivity contribution in [1.82, 2.24) is 14.5 Å². The third-order valence-corrected chi connectivity index (χ3v) is 3.88. The highest BCUT2D eigenvalue weighted by Gasteiger charge is 2.36. The molecule has 0 saturated heterocycles. The Kier molecular flexibility index (Phi) is 1.27. The van der Waals surface area contributed by atoms with Gasteiger partial charge in [-0.25, -0.2) is 0 Å². The molecule has 20 heavy (non-hydrogen) atoms. The molecule has 0 saturated carbocycles. The summed E-state index contributed by atoms with van der Waals surface area (Å²) in [5.41, 5.74) is 3.71. The van der Waals surface area contributed by atoms with Crippen molar-refractivity contribution < 1.29 is 13.1 Å². The zero-order valence-electron chi connectivity index (χ0n) is 13.4. The van der Waals surface area contributed by atoms with Gasteiger partial charge in [-0.1, -0.05) is 0 Å². The Balaban J connectivity index is 1.96. The van der Waals surface area contributed by atoms with Crippen molar-refractivity contribution in [2.45, 2.75) is 6.54 Å². The lowest BCUT2D eigenvalue weighted by Gasteiger charge is -1.93. The van der Waals surface area contributed by atoms with E-state index >= 15 is 0 Å². The third kappa shape index (κ3) is 1.02. The van der Waals surface area contributed by atoms with Crippen molar-refractivity contribution in [2.24, 2.45) is 6.98 Å². The highest BCUT2D eigenvalue weighted by atomic mass is 16.4. The molecule has 1 aliphatic rings. The number of rotatable bonds is 0. The molecule has 5 heteroatoms. The molecule has 0 bridgehead atoms. The summed E-state index contributed by atoms with van der Waals surface area (Å²) < 4.78 is 32.8. The summed E-state index contributed by atoms with van der Waals surface area (Å²) in [4.78, 5) is 8.29. The zero-order chi connectivity index (χ0) is 15.8. The Morgan fingerprint density at radius 3 is 3.15 bits per heavy atom. The van der Waals surface area contributed by atoms with Crippen molar-refractivity contribution in [3.63, 3.8) is 0 Å². The van der Waals surface area contributed by atoms with E-state index in [1.165, 1.54) is 4.57 Å². The lowest BCUT2D eigenvalue weighted by molar-refractivity contribution is -0.648. The largest absolute Gasteiger partial charge is 0.385 e. The second-order valence-corrected chi connectivity index (χ2v) is 4.91. The van der Waals surface area contributed by atoms with Gasteiger partial charge in [0.2, 0.25) is 0 Å². The van der Waals surface area contributed by atoms with Crippen molar-refractivity contribution in [3.05, 3.63) is 42.5 Å². The van der Waals surface area contributed by atoms with E-state index in [2.05, 4.69) is 9.97 Å². The first-order valence-electron chi connectivity index (χ1n) is 7.80. The number of aromatic nitrogens is 4. The van der Waals surface area contributed by atoms with Gasteiger partial charge < -0.3 is 8.98 Å². The molecule has 1 aliphatic heterocycles. The average molecular weight is 266 g/mol. The van der Waals surface area contributed by atoms with Crippen LogP contribution in [-0.2, 0) is 13.5 Å². The standard InChI is InChI=1S/C15H11N4O/c1-18-12-3-5-17-7-11(12)13-15(18)20-14-10-6-16-4-2-9(10)8-19(13)14/h2-7H,8H2,1H3/q+1/i1D3. The average Bonchev–Trinajstić information content (AvgIpc) is 3.12. The molecule has 0 fully saturated rings. The molecular weight excluding hydrogens is 252 g/mol. The number of oxazole rings is 1. The molecule has 0 aliphatic carbocycles. The van der Waals surface area contributed by atoms with Gasteiger partial charge in [-0.05, 0) is 12.1 Å². The van der Waals surface area contributed by atoms with Crippen LogP contribution in [0.5, 0.6) is 0 Å². The fraction of sp³-hybridized carbons (Fsp3) is 0.133. The predicted octanol–water partition coefficient (Wildman–Crippen LogP) is 2.03. The first kappa shape index (κ1) is 7.79. The summed E-state index contributed by atoms with van der Waals surface area (Å²) in [6.45, 7) is -1.69. The number of pyridine rings is 2.